The van der Waals surface area contributed by atoms with Crippen molar-refractivity contribution in [2.45, 2.75) is 57.0 Å². The number of halogens is 4. The molecule has 0 bridgehead atoms. The van der Waals surface area contributed by atoms with Crippen LogP contribution in [-0.4, -0.2) is 58.7 Å². The van der Waals surface area contributed by atoms with Gasteiger partial charge in [0.1, 0.15) is 29.4 Å². The number of carbonyl (C=O) groups excluding carboxylic acids is 3. The van der Waals surface area contributed by atoms with E-state index in [9.17, 15) is 37.2 Å². The molecule has 1 aliphatic carbocycles. The summed E-state index contributed by atoms with van der Waals surface area (Å²) in [6, 6.07) is 1.74. The maximum Gasteiger partial charge on any atom is 0.271 e. The van der Waals surface area contributed by atoms with E-state index in [1.165, 1.54) is 6.92 Å². The average Bonchev–Trinajstić information content (AvgIpc) is 3.53. The van der Waals surface area contributed by atoms with Gasteiger partial charge in [-0.1, -0.05) is 0 Å². The van der Waals surface area contributed by atoms with Crippen molar-refractivity contribution in [2.24, 2.45) is 17.8 Å². The minimum absolute atomic E-state index is 0.0419. The van der Waals surface area contributed by atoms with Crippen LogP contribution in [0.3, 0.4) is 0 Å². The van der Waals surface area contributed by atoms with E-state index in [1.807, 2.05) is 6.07 Å². The summed E-state index contributed by atoms with van der Waals surface area (Å²) in [5.41, 5.74) is -0.336. The molecule has 2 saturated heterocycles. The second kappa shape index (κ2) is 9.60. The molecule has 5 unspecified atom stereocenters. The predicted molar refractivity (Wildman–Crippen MR) is 127 cm³/mol. The lowest BCUT2D eigenvalue weighted by molar-refractivity contribution is -0.129. The number of nitriles is 1. The normalized spacial score (nSPS) is 27.1. The number of H-pyrrole nitrogens is 1. The summed E-state index contributed by atoms with van der Waals surface area (Å²) in [6.07, 6.45) is 0.245. The molecule has 3 aliphatic rings. The van der Waals surface area contributed by atoms with Crippen molar-refractivity contribution in [1.82, 2.24) is 20.5 Å². The van der Waals surface area contributed by atoms with Gasteiger partial charge < -0.3 is 20.5 Å². The molecule has 3 fully saturated rings. The number of hydrogen-bond acceptors (Lipinski definition) is 4. The van der Waals surface area contributed by atoms with E-state index in [2.05, 4.69) is 15.6 Å². The monoisotopic (exact) mass is 533 g/mol. The van der Waals surface area contributed by atoms with E-state index in [4.69, 9.17) is 0 Å². The van der Waals surface area contributed by atoms with Gasteiger partial charge in [-0.15, -0.1) is 0 Å². The minimum atomic E-state index is -3.00. The standard InChI is InChI=1S/C26H27F4N5O3/c1-12-5-18(27)16-7-19(34-21(16)20(12)28)25(38)35-11-14-8-26(29,30)9-17(14)22(35)24(37)33-15(10-31)6-13-3-2-4-32-23(13)36/h5,7,13-15,17,22,34H,2-4,6,8-9,11H2,1H3,(H,32,36)(H,33,37). The molecule has 3 amide bonds. The first-order valence-corrected chi connectivity index (χ1v) is 12.6. The number of piperidine rings is 1. The Morgan fingerprint density at radius 1 is 1.29 bits per heavy atom. The molecular formula is C26H27F4N5O3. The Balaban J connectivity index is 1.41. The average molecular weight is 534 g/mol. The highest BCUT2D eigenvalue weighted by atomic mass is 19.3. The molecule has 38 heavy (non-hydrogen) atoms. The zero-order valence-corrected chi connectivity index (χ0v) is 20.6. The highest BCUT2D eigenvalue weighted by Gasteiger charge is 2.58. The van der Waals surface area contributed by atoms with Crippen LogP contribution >= 0.6 is 0 Å². The van der Waals surface area contributed by atoms with Crippen molar-refractivity contribution in [1.29, 1.82) is 5.26 Å². The summed E-state index contributed by atoms with van der Waals surface area (Å²) in [4.78, 5) is 42.8. The zero-order chi connectivity index (χ0) is 27.4. The first-order chi connectivity index (χ1) is 18.0. The number of hydrogen-bond donors (Lipinski definition) is 3. The Labute approximate surface area is 215 Å². The van der Waals surface area contributed by atoms with Crippen LogP contribution in [0.1, 0.15) is 48.2 Å². The Bertz CT molecular complexity index is 1350. The molecule has 1 saturated carbocycles. The van der Waals surface area contributed by atoms with E-state index in [1.54, 1.807) is 0 Å². The van der Waals surface area contributed by atoms with Crippen LogP contribution in [0.25, 0.3) is 10.9 Å². The zero-order valence-electron chi connectivity index (χ0n) is 20.6. The molecule has 5 rings (SSSR count). The van der Waals surface area contributed by atoms with Crippen LogP contribution in [-0.2, 0) is 9.59 Å². The number of aromatic amines is 1. The van der Waals surface area contributed by atoms with E-state index in [-0.39, 0.29) is 41.0 Å². The van der Waals surface area contributed by atoms with Crippen LogP contribution in [0.2, 0.25) is 0 Å². The van der Waals surface area contributed by atoms with Gasteiger partial charge in [-0.3, -0.25) is 14.4 Å². The van der Waals surface area contributed by atoms with Gasteiger partial charge in [0.15, 0.2) is 0 Å². The number of aryl methyl sites for hydroxylation is 1. The molecule has 2 aliphatic heterocycles. The molecule has 0 spiro atoms. The van der Waals surface area contributed by atoms with Crippen LogP contribution in [0, 0.1) is 47.6 Å². The van der Waals surface area contributed by atoms with Crippen LogP contribution in [0.4, 0.5) is 17.6 Å². The van der Waals surface area contributed by atoms with Gasteiger partial charge in [0.2, 0.25) is 17.7 Å². The van der Waals surface area contributed by atoms with Crippen LogP contribution < -0.4 is 10.6 Å². The highest BCUT2D eigenvalue weighted by molar-refractivity contribution is 6.01. The molecule has 5 atom stereocenters. The van der Waals surface area contributed by atoms with E-state index in [0.29, 0.717) is 13.0 Å². The van der Waals surface area contributed by atoms with Gasteiger partial charge >= 0.3 is 0 Å². The number of amides is 3. The summed E-state index contributed by atoms with van der Waals surface area (Å²) < 4.78 is 57.6. The third-order valence-corrected chi connectivity index (χ3v) is 8.01. The number of nitrogens with zero attached hydrogens (tertiary/aromatic N) is 2. The Hall–Kier alpha value is -3.62. The molecule has 3 N–H and O–H groups in total. The number of fused-ring (bicyclic) bond motifs is 2. The van der Waals surface area contributed by atoms with Crippen molar-refractivity contribution < 1.29 is 31.9 Å². The van der Waals surface area contributed by atoms with Gasteiger partial charge in [-0.2, -0.15) is 5.26 Å². The second-order valence-corrected chi connectivity index (χ2v) is 10.6. The van der Waals surface area contributed by atoms with Crippen molar-refractivity contribution in [3.8, 4) is 6.07 Å². The predicted octanol–water partition coefficient (Wildman–Crippen LogP) is 3.17. The molecule has 0 radical (unpaired) electrons. The van der Waals surface area contributed by atoms with Gasteiger partial charge in [0, 0.05) is 37.2 Å². The number of rotatable bonds is 5. The van der Waals surface area contributed by atoms with Gasteiger partial charge in [-0.05, 0) is 55.7 Å². The lowest BCUT2D eigenvalue weighted by Gasteiger charge is -2.29. The summed E-state index contributed by atoms with van der Waals surface area (Å²) in [5.74, 6) is -8.18. The van der Waals surface area contributed by atoms with Gasteiger partial charge in [-0.25, -0.2) is 17.6 Å². The molecule has 1 aromatic carbocycles. The number of alkyl halides is 2. The Kier molecular flexibility index (Phi) is 6.57. The van der Waals surface area contributed by atoms with Crippen molar-refractivity contribution >= 4 is 28.6 Å². The third kappa shape index (κ3) is 4.59. The molecular weight excluding hydrogens is 506 g/mol. The summed E-state index contributed by atoms with van der Waals surface area (Å²) in [7, 11) is 0. The van der Waals surface area contributed by atoms with E-state index >= 15 is 0 Å². The van der Waals surface area contributed by atoms with Gasteiger partial charge in [0.05, 0.1) is 11.6 Å². The molecule has 1 aromatic heterocycles. The topological polar surface area (TPSA) is 118 Å². The molecule has 2 aromatic rings. The number of likely N-dealkylation sites (tertiary alicyclic amines) is 1. The van der Waals surface area contributed by atoms with Crippen LogP contribution in [0.5, 0.6) is 0 Å². The maximum atomic E-state index is 14.6. The fraction of sp³-hybridized carbons (Fsp3) is 0.538. The molecule has 8 nitrogen and oxygen atoms in total. The van der Waals surface area contributed by atoms with E-state index in [0.717, 1.165) is 23.5 Å². The fourth-order valence-corrected chi connectivity index (χ4v) is 6.20. The SMILES string of the molecule is Cc1cc(F)c2cc(C(=O)N3CC4CC(F)(F)CC4C3C(=O)NC(C#N)CC3CCCNC3=O)[nH]c2c1F. The highest BCUT2D eigenvalue weighted by Crippen LogP contribution is 2.50. The van der Waals surface area contributed by atoms with E-state index < -0.39 is 72.1 Å². The molecule has 3 heterocycles. The minimum Gasteiger partial charge on any atom is -0.356 e. The first kappa shape index (κ1) is 26.0. The molecule has 12 heteroatoms. The number of nitrogens with one attached hydrogen (secondary N) is 3. The molecule has 202 valence electrons. The number of carbonyl (C=O) groups is 3. The van der Waals surface area contributed by atoms with Gasteiger partial charge in [0.25, 0.3) is 5.91 Å². The quantitative estimate of drug-likeness (QED) is 0.512. The smallest absolute Gasteiger partial charge is 0.271 e. The summed E-state index contributed by atoms with van der Waals surface area (Å²) in [6.45, 7) is 1.78. The fourth-order valence-electron chi connectivity index (χ4n) is 6.20. The first-order valence-electron chi connectivity index (χ1n) is 12.6. The third-order valence-electron chi connectivity index (χ3n) is 8.01. The number of aromatic nitrogens is 1. The maximum absolute atomic E-state index is 14.6. The lowest BCUT2D eigenvalue weighted by atomic mass is 9.90. The van der Waals surface area contributed by atoms with Crippen molar-refractivity contribution in [2.75, 3.05) is 13.1 Å². The van der Waals surface area contributed by atoms with Crippen LogP contribution in [0.15, 0.2) is 12.1 Å². The summed E-state index contributed by atoms with van der Waals surface area (Å²) in [5, 5.41) is 14.8. The summed E-state index contributed by atoms with van der Waals surface area (Å²) >= 11 is 0. The number of benzene rings is 1. The van der Waals surface area contributed by atoms with Crippen molar-refractivity contribution in [3.63, 3.8) is 0 Å². The largest absolute Gasteiger partial charge is 0.356 e. The van der Waals surface area contributed by atoms with Crippen molar-refractivity contribution in [3.05, 3.63) is 35.0 Å². The second-order valence-electron chi connectivity index (χ2n) is 10.6. The Morgan fingerprint density at radius 3 is 2.76 bits per heavy atom. The Morgan fingerprint density at radius 2 is 2.05 bits per heavy atom. The lowest BCUT2D eigenvalue weighted by Crippen LogP contribution is -2.52.